The van der Waals surface area contributed by atoms with E-state index in [0.717, 1.165) is 5.46 Å². The average molecular weight is 131 g/mol. The molecule has 0 aliphatic carbocycles. The summed E-state index contributed by atoms with van der Waals surface area (Å²) in [5.74, 6) is 0.391. The van der Waals surface area contributed by atoms with Gasteiger partial charge in [-0.2, -0.15) is 5.26 Å². The molecule has 0 saturated carbocycles. The number of nitrogen functional groups attached to an aromatic ring is 1. The number of anilines is 1. The van der Waals surface area contributed by atoms with Crippen molar-refractivity contribution < 1.29 is 0 Å². The quantitative estimate of drug-likeness (QED) is 0.449. The topological polar surface area (TPSA) is 62.7 Å². The number of hydrogen-bond acceptors (Lipinski definition) is 3. The summed E-state index contributed by atoms with van der Waals surface area (Å²) in [5, 5.41) is 8.51. The van der Waals surface area contributed by atoms with Crippen LogP contribution in [0.4, 0.5) is 5.82 Å². The lowest BCUT2D eigenvalue weighted by Crippen LogP contribution is -2.09. The molecule has 0 radical (unpaired) electrons. The number of nitrogens with zero attached hydrogens (tertiary/aromatic N) is 2. The predicted octanol–water partition coefficient (Wildman–Crippen LogP) is -1.21. The zero-order valence-electron chi connectivity index (χ0n) is 5.63. The molecule has 0 aromatic carbocycles. The maximum atomic E-state index is 8.51. The van der Waals surface area contributed by atoms with E-state index in [0.29, 0.717) is 11.4 Å². The molecule has 1 heterocycles. The molecule has 0 unspecified atom stereocenters. The van der Waals surface area contributed by atoms with Crippen molar-refractivity contribution >= 4 is 19.1 Å². The van der Waals surface area contributed by atoms with Gasteiger partial charge in [0.1, 0.15) is 13.7 Å². The lowest BCUT2D eigenvalue weighted by molar-refractivity contribution is 1.34. The van der Waals surface area contributed by atoms with E-state index in [1.165, 1.54) is 0 Å². The van der Waals surface area contributed by atoms with Gasteiger partial charge in [0.15, 0.2) is 0 Å². The molecule has 0 fully saturated rings. The van der Waals surface area contributed by atoms with Crippen molar-refractivity contribution in [2.24, 2.45) is 0 Å². The minimum atomic E-state index is 0.391. The Hall–Kier alpha value is -1.50. The van der Waals surface area contributed by atoms with Crippen LogP contribution in [0.1, 0.15) is 5.56 Å². The first kappa shape index (κ1) is 6.62. The van der Waals surface area contributed by atoms with Crippen LogP contribution in [-0.2, 0) is 0 Å². The van der Waals surface area contributed by atoms with Crippen molar-refractivity contribution in [3.63, 3.8) is 0 Å². The van der Waals surface area contributed by atoms with Gasteiger partial charge in [0.25, 0.3) is 0 Å². The van der Waals surface area contributed by atoms with Gasteiger partial charge in [-0.25, -0.2) is 4.98 Å². The summed E-state index contributed by atoms with van der Waals surface area (Å²) < 4.78 is 0. The number of hydrogen-bond donors (Lipinski definition) is 1. The number of pyridine rings is 1. The van der Waals surface area contributed by atoms with Crippen LogP contribution in [0.5, 0.6) is 0 Å². The fourth-order valence-corrected chi connectivity index (χ4v) is 0.660. The van der Waals surface area contributed by atoms with Crippen molar-refractivity contribution in [1.29, 1.82) is 5.26 Å². The molecule has 0 atom stereocenters. The van der Waals surface area contributed by atoms with Gasteiger partial charge in [-0.05, 0) is 6.07 Å². The van der Waals surface area contributed by atoms with Gasteiger partial charge in [-0.1, -0.05) is 5.46 Å². The van der Waals surface area contributed by atoms with Crippen molar-refractivity contribution in [3.05, 3.63) is 17.8 Å². The van der Waals surface area contributed by atoms with Gasteiger partial charge >= 0.3 is 0 Å². The molecule has 0 aliphatic rings. The Morgan fingerprint density at radius 2 is 2.40 bits per heavy atom. The molecule has 0 bridgehead atoms. The van der Waals surface area contributed by atoms with E-state index in [9.17, 15) is 0 Å². The van der Waals surface area contributed by atoms with Gasteiger partial charge in [0, 0.05) is 6.20 Å². The van der Waals surface area contributed by atoms with E-state index in [1.54, 1.807) is 12.3 Å². The second-order valence-corrected chi connectivity index (χ2v) is 2.04. The highest BCUT2D eigenvalue weighted by Crippen LogP contribution is 1.96. The van der Waals surface area contributed by atoms with Crippen molar-refractivity contribution in [3.8, 4) is 6.07 Å². The number of nitrogens with two attached hydrogens (primary N) is 1. The second kappa shape index (κ2) is 2.40. The fraction of sp³-hybridized carbons (Fsp3) is 0. The number of rotatable bonds is 0. The summed E-state index contributed by atoms with van der Waals surface area (Å²) >= 11 is 0. The summed E-state index contributed by atoms with van der Waals surface area (Å²) in [6, 6.07) is 3.58. The van der Waals surface area contributed by atoms with Gasteiger partial charge in [0.2, 0.25) is 0 Å². The van der Waals surface area contributed by atoms with Crippen LogP contribution in [0.15, 0.2) is 12.3 Å². The Balaban J connectivity index is 3.25. The molecule has 0 amide bonds. The van der Waals surface area contributed by atoms with E-state index in [-0.39, 0.29) is 0 Å². The molecule has 48 valence electrons. The molecule has 2 N–H and O–H groups in total. The van der Waals surface area contributed by atoms with Crippen LogP contribution in [0, 0.1) is 11.3 Å². The van der Waals surface area contributed by atoms with Gasteiger partial charge in [-0.3, -0.25) is 0 Å². The Morgan fingerprint density at radius 1 is 1.70 bits per heavy atom. The molecule has 4 heteroatoms. The lowest BCUT2D eigenvalue weighted by atomic mass is 9.93. The Morgan fingerprint density at radius 3 is 2.90 bits per heavy atom. The standard InChI is InChI=1S/C6H6BN3/c7-5-3-10-6(9)1-4(5)2-8/h1,3H,7H2,(H2,9,10). The lowest BCUT2D eigenvalue weighted by Gasteiger charge is -1.95. The van der Waals surface area contributed by atoms with E-state index < -0.39 is 0 Å². The molecule has 0 aliphatic heterocycles. The smallest absolute Gasteiger partial charge is 0.143 e. The number of aromatic nitrogens is 1. The summed E-state index contributed by atoms with van der Waals surface area (Å²) in [4.78, 5) is 3.81. The third-order valence-electron chi connectivity index (χ3n) is 1.24. The minimum Gasteiger partial charge on any atom is -0.384 e. The monoisotopic (exact) mass is 131 g/mol. The molecule has 10 heavy (non-hydrogen) atoms. The third kappa shape index (κ3) is 1.08. The minimum absolute atomic E-state index is 0.391. The Kier molecular flexibility index (Phi) is 1.59. The molecule has 1 aromatic rings. The Bertz CT molecular complexity index is 290. The summed E-state index contributed by atoms with van der Waals surface area (Å²) in [6.45, 7) is 0. The first-order valence-corrected chi connectivity index (χ1v) is 2.86. The van der Waals surface area contributed by atoms with Crippen LogP contribution < -0.4 is 11.2 Å². The maximum Gasteiger partial charge on any atom is 0.143 e. The molecular formula is C6H6BN3. The van der Waals surface area contributed by atoms with Crippen LogP contribution >= 0.6 is 0 Å². The maximum absolute atomic E-state index is 8.51. The SMILES string of the molecule is Bc1cnc(N)cc1C#N. The van der Waals surface area contributed by atoms with Crippen molar-refractivity contribution in [1.82, 2.24) is 4.98 Å². The zero-order valence-corrected chi connectivity index (χ0v) is 5.63. The number of nitriles is 1. The predicted molar refractivity (Wildman–Crippen MR) is 41.5 cm³/mol. The normalized spacial score (nSPS) is 8.70. The zero-order chi connectivity index (χ0) is 7.56. The van der Waals surface area contributed by atoms with Crippen molar-refractivity contribution in [2.45, 2.75) is 0 Å². The highest BCUT2D eigenvalue weighted by Gasteiger charge is 1.95. The average Bonchev–Trinajstić information content (AvgIpc) is 1.94. The third-order valence-corrected chi connectivity index (χ3v) is 1.24. The summed E-state index contributed by atoms with van der Waals surface area (Å²) in [5.41, 5.74) is 6.79. The highest BCUT2D eigenvalue weighted by atomic mass is 14.8. The summed E-state index contributed by atoms with van der Waals surface area (Å²) in [7, 11) is 1.82. The van der Waals surface area contributed by atoms with Crippen LogP contribution in [0.2, 0.25) is 0 Å². The van der Waals surface area contributed by atoms with Gasteiger partial charge in [0.05, 0.1) is 11.6 Å². The molecular weight excluding hydrogens is 125 g/mol. The molecule has 1 rings (SSSR count). The molecule has 0 spiro atoms. The first-order valence-electron chi connectivity index (χ1n) is 2.86. The highest BCUT2D eigenvalue weighted by molar-refractivity contribution is 6.33. The largest absolute Gasteiger partial charge is 0.384 e. The van der Waals surface area contributed by atoms with Crippen LogP contribution in [-0.4, -0.2) is 12.8 Å². The molecule has 3 nitrogen and oxygen atoms in total. The van der Waals surface area contributed by atoms with Gasteiger partial charge < -0.3 is 5.73 Å². The van der Waals surface area contributed by atoms with E-state index in [1.807, 2.05) is 13.9 Å². The van der Waals surface area contributed by atoms with E-state index in [2.05, 4.69) is 4.98 Å². The first-order chi connectivity index (χ1) is 4.74. The Labute approximate surface area is 59.9 Å². The summed E-state index contributed by atoms with van der Waals surface area (Å²) in [6.07, 6.45) is 1.59. The van der Waals surface area contributed by atoms with Crippen molar-refractivity contribution in [2.75, 3.05) is 5.73 Å². The van der Waals surface area contributed by atoms with Crippen LogP contribution in [0.3, 0.4) is 0 Å². The van der Waals surface area contributed by atoms with E-state index >= 15 is 0 Å². The fourth-order valence-electron chi connectivity index (χ4n) is 0.660. The van der Waals surface area contributed by atoms with Crippen LogP contribution in [0.25, 0.3) is 0 Å². The second-order valence-electron chi connectivity index (χ2n) is 2.04. The molecule has 1 aromatic heterocycles. The molecule has 0 saturated heterocycles. The van der Waals surface area contributed by atoms with Gasteiger partial charge in [-0.15, -0.1) is 0 Å². The van der Waals surface area contributed by atoms with E-state index in [4.69, 9.17) is 11.0 Å².